The maximum atomic E-state index is 5.57. The Kier molecular flexibility index (Phi) is 1.96. The zero-order valence-corrected chi connectivity index (χ0v) is 8.03. The third-order valence-corrected chi connectivity index (χ3v) is 2.28. The molecule has 5 nitrogen and oxygen atoms in total. The Hall–Kier alpha value is -1.75. The quantitative estimate of drug-likeness (QED) is 0.734. The van der Waals surface area contributed by atoms with Crippen molar-refractivity contribution >= 4 is 5.84 Å². The molecule has 0 aliphatic carbocycles. The average molecular weight is 206 g/mol. The molecule has 1 aromatic carbocycles. The molecule has 0 bridgehead atoms. The minimum Gasteiger partial charge on any atom is -0.486 e. The van der Waals surface area contributed by atoms with Crippen molar-refractivity contribution in [2.24, 2.45) is 4.99 Å². The second kappa shape index (κ2) is 3.43. The Labute approximate surface area is 86.6 Å². The van der Waals surface area contributed by atoms with Crippen LogP contribution in [0.25, 0.3) is 0 Å². The van der Waals surface area contributed by atoms with E-state index in [2.05, 4.69) is 10.5 Å². The Balaban J connectivity index is 2.06. The van der Waals surface area contributed by atoms with Crippen LogP contribution in [0.4, 0.5) is 0 Å². The molecule has 1 N–H and O–H groups in total. The molecular formula is C10H10N2O3. The third-order valence-electron chi connectivity index (χ3n) is 2.28. The van der Waals surface area contributed by atoms with Gasteiger partial charge in [0.1, 0.15) is 13.2 Å². The fourth-order valence-corrected chi connectivity index (χ4v) is 1.63. The highest BCUT2D eigenvalue weighted by Gasteiger charge is 2.20. The van der Waals surface area contributed by atoms with Crippen LogP contribution in [0, 0.1) is 0 Å². The molecule has 2 aliphatic rings. The molecule has 1 aromatic rings. The molecule has 0 amide bonds. The van der Waals surface area contributed by atoms with E-state index in [-0.39, 0.29) is 0 Å². The van der Waals surface area contributed by atoms with Gasteiger partial charge in [-0.3, -0.25) is 4.84 Å². The molecule has 78 valence electrons. The predicted molar refractivity (Wildman–Crippen MR) is 53.1 cm³/mol. The van der Waals surface area contributed by atoms with Crippen LogP contribution in [0.5, 0.6) is 11.5 Å². The molecule has 2 aliphatic heterocycles. The number of amidine groups is 1. The van der Waals surface area contributed by atoms with Gasteiger partial charge in [0.05, 0.1) is 5.56 Å². The van der Waals surface area contributed by atoms with Gasteiger partial charge < -0.3 is 9.47 Å². The number of nitrogens with zero attached hydrogens (tertiary/aromatic N) is 1. The lowest BCUT2D eigenvalue weighted by Crippen LogP contribution is -2.22. The number of aliphatic imine (C=N–C) groups is 1. The molecule has 15 heavy (non-hydrogen) atoms. The Morgan fingerprint density at radius 1 is 1.20 bits per heavy atom. The van der Waals surface area contributed by atoms with Crippen LogP contribution >= 0.6 is 0 Å². The zero-order chi connectivity index (χ0) is 10.1. The van der Waals surface area contributed by atoms with E-state index >= 15 is 0 Å². The molecule has 0 radical (unpaired) electrons. The van der Waals surface area contributed by atoms with Crippen molar-refractivity contribution in [3.8, 4) is 11.5 Å². The number of nitrogens with one attached hydrogen (secondary N) is 1. The summed E-state index contributed by atoms with van der Waals surface area (Å²) in [6, 6.07) is 5.72. The van der Waals surface area contributed by atoms with Crippen LogP contribution in [0.2, 0.25) is 0 Å². The van der Waals surface area contributed by atoms with Gasteiger partial charge in [-0.05, 0) is 12.1 Å². The van der Waals surface area contributed by atoms with E-state index < -0.39 is 0 Å². The van der Waals surface area contributed by atoms with Gasteiger partial charge in [0, 0.05) is 0 Å². The Morgan fingerprint density at radius 3 is 3.00 bits per heavy atom. The van der Waals surface area contributed by atoms with Crippen molar-refractivity contribution in [2.45, 2.75) is 0 Å². The lowest BCUT2D eigenvalue weighted by molar-refractivity contribution is 0.115. The molecule has 0 saturated carbocycles. The van der Waals surface area contributed by atoms with Crippen LogP contribution in [-0.4, -0.2) is 25.8 Å². The average Bonchev–Trinajstić information content (AvgIpc) is 2.82. The number of fused-ring (bicyclic) bond motifs is 1. The minimum atomic E-state index is 0.333. The number of benzene rings is 1. The molecular weight excluding hydrogens is 196 g/mol. The van der Waals surface area contributed by atoms with Gasteiger partial charge in [-0.15, -0.1) is 0 Å². The van der Waals surface area contributed by atoms with Crippen LogP contribution in [0.3, 0.4) is 0 Å². The first-order valence-corrected chi connectivity index (χ1v) is 4.76. The lowest BCUT2D eigenvalue weighted by Gasteiger charge is -2.20. The predicted octanol–water partition coefficient (Wildman–Crippen LogP) is 0.697. The number of rotatable bonds is 1. The van der Waals surface area contributed by atoms with Gasteiger partial charge in [0.15, 0.2) is 24.1 Å². The monoisotopic (exact) mass is 206 g/mol. The van der Waals surface area contributed by atoms with Crippen molar-refractivity contribution in [1.29, 1.82) is 0 Å². The highest BCUT2D eigenvalue weighted by Crippen LogP contribution is 2.33. The minimum absolute atomic E-state index is 0.333. The van der Waals surface area contributed by atoms with E-state index in [1.807, 2.05) is 18.2 Å². The molecule has 0 unspecified atom stereocenters. The highest BCUT2D eigenvalue weighted by molar-refractivity contribution is 6.01. The summed E-state index contributed by atoms with van der Waals surface area (Å²) in [6.45, 7) is 1.49. The standard InChI is InChI=1S/C10H10N2O3/c1-2-7(10-11-6-15-12-10)9-8(3-1)13-4-5-14-9/h1-3H,4-6H2,(H,11,12). The van der Waals surface area contributed by atoms with E-state index in [0.717, 1.165) is 17.1 Å². The van der Waals surface area contributed by atoms with Gasteiger partial charge in [0.2, 0.25) is 0 Å². The van der Waals surface area contributed by atoms with Gasteiger partial charge in [-0.1, -0.05) is 6.07 Å². The largest absolute Gasteiger partial charge is 0.486 e. The van der Waals surface area contributed by atoms with E-state index in [1.165, 1.54) is 0 Å². The van der Waals surface area contributed by atoms with Crippen LogP contribution < -0.4 is 15.0 Å². The van der Waals surface area contributed by atoms with E-state index in [4.69, 9.17) is 14.3 Å². The van der Waals surface area contributed by atoms with Crippen molar-refractivity contribution in [3.63, 3.8) is 0 Å². The topological polar surface area (TPSA) is 52.1 Å². The summed E-state index contributed by atoms with van der Waals surface area (Å²) < 4.78 is 11.0. The summed E-state index contributed by atoms with van der Waals surface area (Å²) >= 11 is 0. The zero-order valence-electron chi connectivity index (χ0n) is 8.03. The first-order valence-electron chi connectivity index (χ1n) is 4.76. The van der Waals surface area contributed by atoms with Crippen molar-refractivity contribution in [2.75, 3.05) is 19.9 Å². The lowest BCUT2D eigenvalue weighted by atomic mass is 10.1. The maximum Gasteiger partial charge on any atom is 0.172 e. The van der Waals surface area contributed by atoms with E-state index in [1.54, 1.807) is 0 Å². The second-order valence-electron chi connectivity index (χ2n) is 3.21. The summed E-state index contributed by atoms with van der Waals surface area (Å²) in [6.07, 6.45) is 0. The summed E-state index contributed by atoms with van der Waals surface area (Å²) in [5, 5.41) is 0. The summed E-state index contributed by atoms with van der Waals surface area (Å²) in [5.74, 6) is 2.19. The van der Waals surface area contributed by atoms with Gasteiger partial charge in [-0.2, -0.15) is 0 Å². The first-order chi connectivity index (χ1) is 7.45. The van der Waals surface area contributed by atoms with Crippen LogP contribution in [0.1, 0.15) is 5.56 Å². The van der Waals surface area contributed by atoms with E-state index in [0.29, 0.717) is 25.8 Å². The molecule has 0 atom stereocenters. The van der Waals surface area contributed by atoms with Gasteiger partial charge in [-0.25, -0.2) is 10.5 Å². The third kappa shape index (κ3) is 1.41. The smallest absolute Gasteiger partial charge is 0.172 e. The summed E-state index contributed by atoms with van der Waals surface area (Å²) in [4.78, 5) is 9.11. The number of hydrogen-bond acceptors (Lipinski definition) is 5. The Bertz CT molecular complexity index is 417. The van der Waals surface area contributed by atoms with Gasteiger partial charge in [0.25, 0.3) is 0 Å². The Morgan fingerprint density at radius 2 is 2.13 bits per heavy atom. The first kappa shape index (κ1) is 8.55. The molecule has 0 spiro atoms. The molecule has 0 fully saturated rings. The number of ether oxygens (including phenoxy) is 2. The fourth-order valence-electron chi connectivity index (χ4n) is 1.63. The molecule has 0 aromatic heterocycles. The van der Waals surface area contributed by atoms with Crippen molar-refractivity contribution in [1.82, 2.24) is 5.48 Å². The summed E-state index contributed by atoms with van der Waals surface area (Å²) in [5.41, 5.74) is 3.62. The molecule has 5 heteroatoms. The van der Waals surface area contributed by atoms with Crippen molar-refractivity contribution < 1.29 is 14.3 Å². The molecule has 2 heterocycles. The normalized spacial score (nSPS) is 18.3. The fraction of sp³-hybridized carbons (Fsp3) is 0.300. The summed E-state index contributed by atoms with van der Waals surface area (Å²) in [7, 11) is 0. The SMILES string of the molecule is c1cc2c(c(C3=NCON3)c1)OCCO2. The molecule has 0 saturated heterocycles. The second-order valence-corrected chi connectivity index (χ2v) is 3.21. The van der Waals surface area contributed by atoms with E-state index in [9.17, 15) is 0 Å². The number of para-hydroxylation sites is 1. The number of hydrogen-bond donors (Lipinski definition) is 1. The van der Waals surface area contributed by atoms with Crippen molar-refractivity contribution in [3.05, 3.63) is 23.8 Å². The highest BCUT2D eigenvalue weighted by atomic mass is 16.7. The van der Waals surface area contributed by atoms with Crippen LogP contribution in [0.15, 0.2) is 23.2 Å². The maximum absolute atomic E-state index is 5.57. The molecule has 3 rings (SSSR count). The van der Waals surface area contributed by atoms with Crippen LogP contribution in [-0.2, 0) is 4.84 Å². The van der Waals surface area contributed by atoms with Gasteiger partial charge >= 0.3 is 0 Å². The number of hydroxylamine groups is 1.